The summed E-state index contributed by atoms with van der Waals surface area (Å²) >= 11 is 0. The van der Waals surface area contributed by atoms with Gasteiger partial charge in [0.1, 0.15) is 0 Å². The molecule has 1 amide bonds. The first-order chi connectivity index (χ1) is 9.60. The van der Waals surface area contributed by atoms with Crippen molar-refractivity contribution in [1.29, 1.82) is 0 Å². The van der Waals surface area contributed by atoms with Crippen molar-refractivity contribution in [2.75, 3.05) is 11.9 Å². The molecule has 0 unspecified atom stereocenters. The molecule has 0 aromatic heterocycles. The van der Waals surface area contributed by atoms with Crippen LogP contribution in [0.2, 0.25) is 0 Å². The Hall–Kier alpha value is -1.51. The first kappa shape index (κ1) is 14.9. The minimum absolute atomic E-state index is 0.0177. The van der Waals surface area contributed by atoms with Crippen molar-refractivity contribution in [2.45, 2.75) is 46.1 Å². The maximum absolute atomic E-state index is 11.9. The lowest BCUT2D eigenvalue weighted by molar-refractivity contribution is 0.0953. The van der Waals surface area contributed by atoms with Gasteiger partial charge in [-0.15, -0.1) is 0 Å². The topological polar surface area (TPSA) is 41.1 Å². The van der Waals surface area contributed by atoms with E-state index < -0.39 is 0 Å². The van der Waals surface area contributed by atoms with Crippen LogP contribution in [0.15, 0.2) is 24.3 Å². The standard InChI is InChI=1S/C17H26N2O/c1-4-8-18-17(20)13-6-5-7-15(9-13)19-16-10-14(11-16)12(2)3/h5-7,9,12,14,16,19H,4,8,10-11H2,1-3H3,(H,18,20). The Morgan fingerprint density at radius 2 is 2.10 bits per heavy atom. The predicted octanol–water partition coefficient (Wildman–Crippen LogP) is 3.67. The molecule has 0 aliphatic heterocycles. The van der Waals surface area contributed by atoms with Crippen LogP contribution in [0.25, 0.3) is 0 Å². The fourth-order valence-corrected chi connectivity index (χ4v) is 2.65. The largest absolute Gasteiger partial charge is 0.382 e. The number of anilines is 1. The predicted molar refractivity (Wildman–Crippen MR) is 84.0 cm³/mol. The molecule has 3 heteroatoms. The molecular weight excluding hydrogens is 248 g/mol. The van der Waals surface area contributed by atoms with Crippen molar-refractivity contribution in [2.24, 2.45) is 11.8 Å². The third-order valence-electron chi connectivity index (χ3n) is 4.15. The summed E-state index contributed by atoms with van der Waals surface area (Å²) in [6.45, 7) is 7.37. The van der Waals surface area contributed by atoms with E-state index in [0.717, 1.165) is 36.1 Å². The maximum atomic E-state index is 11.9. The van der Waals surface area contributed by atoms with Crippen LogP contribution in [0, 0.1) is 11.8 Å². The van der Waals surface area contributed by atoms with Gasteiger partial charge in [-0.05, 0) is 49.3 Å². The third-order valence-corrected chi connectivity index (χ3v) is 4.15. The van der Waals surface area contributed by atoms with Gasteiger partial charge in [-0.2, -0.15) is 0 Å². The van der Waals surface area contributed by atoms with Crippen LogP contribution in [0.5, 0.6) is 0 Å². The van der Waals surface area contributed by atoms with Crippen molar-refractivity contribution in [3.63, 3.8) is 0 Å². The number of benzene rings is 1. The van der Waals surface area contributed by atoms with Gasteiger partial charge in [0, 0.05) is 23.8 Å². The van der Waals surface area contributed by atoms with E-state index in [0.29, 0.717) is 6.04 Å². The summed E-state index contributed by atoms with van der Waals surface area (Å²) in [6.07, 6.45) is 3.44. The number of rotatable bonds is 6. The Morgan fingerprint density at radius 1 is 1.35 bits per heavy atom. The molecule has 0 spiro atoms. The van der Waals surface area contributed by atoms with Crippen molar-refractivity contribution in [3.05, 3.63) is 29.8 Å². The van der Waals surface area contributed by atoms with Crippen LogP contribution in [0.4, 0.5) is 5.69 Å². The van der Waals surface area contributed by atoms with E-state index in [1.54, 1.807) is 0 Å². The minimum Gasteiger partial charge on any atom is -0.382 e. The number of nitrogens with one attached hydrogen (secondary N) is 2. The second kappa shape index (κ2) is 6.78. The van der Waals surface area contributed by atoms with E-state index in [4.69, 9.17) is 0 Å². The quantitative estimate of drug-likeness (QED) is 0.831. The van der Waals surface area contributed by atoms with E-state index in [-0.39, 0.29) is 5.91 Å². The molecule has 0 radical (unpaired) electrons. The highest BCUT2D eigenvalue weighted by Gasteiger charge is 2.30. The Balaban J connectivity index is 1.89. The average Bonchev–Trinajstić information content (AvgIpc) is 2.39. The zero-order chi connectivity index (χ0) is 14.5. The van der Waals surface area contributed by atoms with Crippen LogP contribution >= 0.6 is 0 Å². The second-order valence-electron chi connectivity index (χ2n) is 6.15. The lowest BCUT2D eigenvalue weighted by Gasteiger charge is -2.39. The summed E-state index contributed by atoms with van der Waals surface area (Å²) in [6, 6.07) is 8.37. The normalized spacial score (nSPS) is 21.4. The average molecular weight is 274 g/mol. The molecule has 20 heavy (non-hydrogen) atoms. The summed E-state index contributed by atoms with van der Waals surface area (Å²) in [4.78, 5) is 11.9. The van der Waals surface area contributed by atoms with E-state index in [2.05, 4.69) is 31.4 Å². The highest BCUT2D eigenvalue weighted by Crippen LogP contribution is 2.35. The zero-order valence-corrected chi connectivity index (χ0v) is 12.8. The van der Waals surface area contributed by atoms with Gasteiger partial charge in [0.2, 0.25) is 0 Å². The number of hydrogen-bond donors (Lipinski definition) is 2. The Kier molecular flexibility index (Phi) is 5.05. The fourth-order valence-electron chi connectivity index (χ4n) is 2.65. The van der Waals surface area contributed by atoms with E-state index in [1.807, 2.05) is 24.3 Å². The van der Waals surface area contributed by atoms with Gasteiger partial charge >= 0.3 is 0 Å². The molecule has 1 aliphatic rings. The van der Waals surface area contributed by atoms with Gasteiger partial charge in [0.05, 0.1) is 0 Å². The van der Waals surface area contributed by atoms with Gasteiger partial charge in [0.15, 0.2) is 0 Å². The van der Waals surface area contributed by atoms with E-state index in [1.165, 1.54) is 12.8 Å². The molecular formula is C17H26N2O. The minimum atomic E-state index is 0.0177. The molecule has 0 bridgehead atoms. The molecule has 2 rings (SSSR count). The van der Waals surface area contributed by atoms with Crippen LogP contribution in [0.3, 0.4) is 0 Å². The van der Waals surface area contributed by atoms with Crippen LogP contribution < -0.4 is 10.6 Å². The summed E-state index contributed by atoms with van der Waals surface area (Å²) in [7, 11) is 0. The third kappa shape index (κ3) is 3.75. The maximum Gasteiger partial charge on any atom is 0.251 e. The Labute approximate surface area is 122 Å². The molecule has 1 aromatic carbocycles. The van der Waals surface area contributed by atoms with Gasteiger partial charge in [-0.1, -0.05) is 26.8 Å². The summed E-state index contributed by atoms with van der Waals surface area (Å²) < 4.78 is 0. The molecule has 1 saturated carbocycles. The lowest BCUT2D eigenvalue weighted by atomic mass is 9.73. The Morgan fingerprint density at radius 3 is 2.75 bits per heavy atom. The van der Waals surface area contributed by atoms with Crippen molar-refractivity contribution >= 4 is 11.6 Å². The summed E-state index contributed by atoms with van der Waals surface area (Å²) in [5.41, 5.74) is 1.80. The SMILES string of the molecule is CCCNC(=O)c1cccc(NC2CC(C(C)C)C2)c1. The first-order valence-electron chi connectivity index (χ1n) is 7.75. The van der Waals surface area contributed by atoms with Crippen molar-refractivity contribution in [3.8, 4) is 0 Å². The highest BCUT2D eigenvalue weighted by molar-refractivity contribution is 5.95. The molecule has 0 atom stereocenters. The Bertz CT molecular complexity index is 450. The second-order valence-corrected chi connectivity index (χ2v) is 6.15. The molecule has 1 aliphatic carbocycles. The van der Waals surface area contributed by atoms with Gasteiger partial charge in [0.25, 0.3) is 5.91 Å². The monoisotopic (exact) mass is 274 g/mol. The smallest absolute Gasteiger partial charge is 0.251 e. The van der Waals surface area contributed by atoms with Gasteiger partial charge < -0.3 is 10.6 Å². The van der Waals surface area contributed by atoms with Gasteiger partial charge in [-0.25, -0.2) is 0 Å². The molecule has 0 saturated heterocycles. The van der Waals surface area contributed by atoms with Crippen LogP contribution in [-0.2, 0) is 0 Å². The lowest BCUT2D eigenvalue weighted by Crippen LogP contribution is -2.37. The van der Waals surface area contributed by atoms with Gasteiger partial charge in [-0.3, -0.25) is 4.79 Å². The van der Waals surface area contributed by atoms with Crippen molar-refractivity contribution < 1.29 is 4.79 Å². The van der Waals surface area contributed by atoms with Crippen LogP contribution in [-0.4, -0.2) is 18.5 Å². The molecule has 0 heterocycles. The molecule has 110 valence electrons. The molecule has 1 fully saturated rings. The molecule has 2 N–H and O–H groups in total. The first-order valence-corrected chi connectivity index (χ1v) is 7.75. The number of carbonyl (C=O) groups excluding carboxylic acids is 1. The molecule has 3 nitrogen and oxygen atoms in total. The summed E-state index contributed by atoms with van der Waals surface area (Å²) in [5, 5.41) is 6.45. The fraction of sp³-hybridized carbons (Fsp3) is 0.588. The highest BCUT2D eigenvalue weighted by atomic mass is 16.1. The van der Waals surface area contributed by atoms with E-state index >= 15 is 0 Å². The molecule has 1 aromatic rings. The van der Waals surface area contributed by atoms with Crippen molar-refractivity contribution in [1.82, 2.24) is 5.32 Å². The number of amides is 1. The number of carbonyl (C=O) groups is 1. The number of hydrogen-bond acceptors (Lipinski definition) is 2. The van der Waals surface area contributed by atoms with E-state index in [9.17, 15) is 4.79 Å². The summed E-state index contributed by atoms with van der Waals surface area (Å²) in [5.74, 6) is 1.65. The van der Waals surface area contributed by atoms with Crippen LogP contribution in [0.1, 0.15) is 50.4 Å². The zero-order valence-electron chi connectivity index (χ0n) is 12.8.